The Kier molecular flexibility index (Phi) is 6.70. The van der Waals surface area contributed by atoms with Gasteiger partial charge in [-0.05, 0) is 31.2 Å². The Morgan fingerprint density at radius 3 is 2.62 bits per heavy atom. The lowest BCUT2D eigenvalue weighted by atomic mass is 10.1. The van der Waals surface area contributed by atoms with Gasteiger partial charge in [0.05, 0.1) is 12.7 Å². The fourth-order valence-corrected chi connectivity index (χ4v) is 2.54. The molecule has 1 aromatic rings. The SMILES string of the molecule is O=C(CCCOCCc1ccccc1)N1CCC(O)CC1. The number of hydrogen-bond donors (Lipinski definition) is 1. The molecule has 21 heavy (non-hydrogen) atoms. The summed E-state index contributed by atoms with van der Waals surface area (Å²) < 4.78 is 5.58. The van der Waals surface area contributed by atoms with Crippen LogP contribution in [0.15, 0.2) is 30.3 Å². The van der Waals surface area contributed by atoms with Crippen molar-refractivity contribution < 1.29 is 14.6 Å². The summed E-state index contributed by atoms with van der Waals surface area (Å²) in [5.74, 6) is 0.188. The number of benzene rings is 1. The Balaban J connectivity index is 1.50. The van der Waals surface area contributed by atoms with E-state index in [4.69, 9.17) is 4.74 Å². The number of aliphatic hydroxyl groups excluding tert-OH is 1. The molecule has 0 bridgehead atoms. The van der Waals surface area contributed by atoms with Crippen molar-refractivity contribution in [2.24, 2.45) is 0 Å². The van der Waals surface area contributed by atoms with Crippen LogP contribution in [0.25, 0.3) is 0 Å². The number of likely N-dealkylation sites (tertiary alicyclic amines) is 1. The van der Waals surface area contributed by atoms with Crippen LogP contribution < -0.4 is 0 Å². The van der Waals surface area contributed by atoms with Gasteiger partial charge in [0, 0.05) is 26.1 Å². The van der Waals surface area contributed by atoms with E-state index in [1.165, 1.54) is 5.56 Å². The van der Waals surface area contributed by atoms with Crippen LogP contribution in [-0.2, 0) is 16.0 Å². The maximum absolute atomic E-state index is 11.9. The molecule has 0 aromatic heterocycles. The number of piperidine rings is 1. The van der Waals surface area contributed by atoms with E-state index in [0.29, 0.717) is 45.6 Å². The van der Waals surface area contributed by atoms with E-state index in [2.05, 4.69) is 12.1 Å². The molecule has 1 aliphatic rings. The van der Waals surface area contributed by atoms with Gasteiger partial charge in [-0.15, -0.1) is 0 Å². The van der Waals surface area contributed by atoms with E-state index < -0.39 is 0 Å². The molecule has 1 N–H and O–H groups in total. The smallest absolute Gasteiger partial charge is 0.222 e. The molecule has 1 aliphatic heterocycles. The highest BCUT2D eigenvalue weighted by Gasteiger charge is 2.20. The van der Waals surface area contributed by atoms with Gasteiger partial charge in [0.15, 0.2) is 0 Å². The largest absolute Gasteiger partial charge is 0.393 e. The minimum absolute atomic E-state index is 0.188. The highest BCUT2D eigenvalue weighted by Crippen LogP contribution is 2.11. The van der Waals surface area contributed by atoms with E-state index in [0.717, 1.165) is 12.8 Å². The third-order valence-corrected chi connectivity index (χ3v) is 3.87. The molecule has 0 aliphatic carbocycles. The van der Waals surface area contributed by atoms with Crippen LogP contribution in [0, 0.1) is 0 Å². The fourth-order valence-electron chi connectivity index (χ4n) is 2.54. The first-order chi connectivity index (χ1) is 10.3. The van der Waals surface area contributed by atoms with E-state index in [1.807, 2.05) is 23.1 Å². The molecule has 0 radical (unpaired) electrons. The molecular weight excluding hydrogens is 266 g/mol. The van der Waals surface area contributed by atoms with Crippen molar-refractivity contribution in [3.63, 3.8) is 0 Å². The lowest BCUT2D eigenvalue weighted by Crippen LogP contribution is -2.40. The minimum Gasteiger partial charge on any atom is -0.393 e. The highest BCUT2D eigenvalue weighted by atomic mass is 16.5. The molecule has 4 heteroatoms. The van der Waals surface area contributed by atoms with E-state index in [-0.39, 0.29) is 12.0 Å². The zero-order valence-corrected chi connectivity index (χ0v) is 12.5. The molecule has 1 amide bonds. The summed E-state index contributed by atoms with van der Waals surface area (Å²) in [7, 11) is 0. The Labute approximate surface area is 126 Å². The van der Waals surface area contributed by atoms with Gasteiger partial charge < -0.3 is 14.7 Å². The number of aliphatic hydroxyl groups is 1. The number of carbonyl (C=O) groups excluding carboxylic acids is 1. The first-order valence-electron chi connectivity index (χ1n) is 7.83. The molecule has 0 spiro atoms. The van der Waals surface area contributed by atoms with E-state index >= 15 is 0 Å². The molecule has 1 fully saturated rings. The summed E-state index contributed by atoms with van der Waals surface area (Å²) in [6.07, 6.45) is 3.42. The Morgan fingerprint density at radius 2 is 1.90 bits per heavy atom. The third kappa shape index (κ3) is 5.86. The molecule has 2 rings (SSSR count). The molecule has 0 unspecified atom stereocenters. The van der Waals surface area contributed by atoms with Crippen molar-refractivity contribution in [3.05, 3.63) is 35.9 Å². The molecule has 0 saturated carbocycles. The average Bonchev–Trinajstić information content (AvgIpc) is 2.52. The van der Waals surface area contributed by atoms with Crippen LogP contribution in [0.5, 0.6) is 0 Å². The van der Waals surface area contributed by atoms with Crippen LogP contribution in [0.3, 0.4) is 0 Å². The van der Waals surface area contributed by atoms with Crippen molar-refractivity contribution in [1.29, 1.82) is 0 Å². The molecule has 116 valence electrons. The summed E-state index contributed by atoms with van der Waals surface area (Å²) in [6, 6.07) is 10.3. The number of rotatable bonds is 7. The topological polar surface area (TPSA) is 49.8 Å². The van der Waals surface area contributed by atoms with Gasteiger partial charge in [0.25, 0.3) is 0 Å². The zero-order chi connectivity index (χ0) is 14.9. The Bertz CT molecular complexity index is 413. The number of carbonyl (C=O) groups is 1. The van der Waals surface area contributed by atoms with Gasteiger partial charge in [-0.1, -0.05) is 30.3 Å². The molecular formula is C17H25NO3. The summed E-state index contributed by atoms with van der Waals surface area (Å²) in [4.78, 5) is 13.8. The predicted octanol–water partition coefficient (Wildman–Crippen LogP) is 2.01. The van der Waals surface area contributed by atoms with Gasteiger partial charge in [0.1, 0.15) is 0 Å². The first kappa shape index (κ1) is 16.0. The second-order valence-electron chi connectivity index (χ2n) is 5.56. The van der Waals surface area contributed by atoms with Gasteiger partial charge in [-0.3, -0.25) is 4.79 Å². The number of ether oxygens (including phenoxy) is 1. The van der Waals surface area contributed by atoms with Gasteiger partial charge >= 0.3 is 0 Å². The molecule has 0 atom stereocenters. The fraction of sp³-hybridized carbons (Fsp3) is 0.588. The van der Waals surface area contributed by atoms with Crippen molar-refractivity contribution in [1.82, 2.24) is 4.90 Å². The van der Waals surface area contributed by atoms with Crippen molar-refractivity contribution >= 4 is 5.91 Å². The molecule has 1 heterocycles. The maximum atomic E-state index is 11.9. The number of nitrogens with zero attached hydrogens (tertiary/aromatic N) is 1. The molecule has 4 nitrogen and oxygen atoms in total. The van der Waals surface area contributed by atoms with Crippen LogP contribution >= 0.6 is 0 Å². The summed E-state index contributed by atoms with van der Waals surface area (Å²) in [5.41, 5.74) is 1.28. The zero-order valence-electron chi connectivity index (χ0n) is 12.5. The van der Waals surface area contributed by atoms with E-state index in [1.54, 1.807) is 0 Å². The van der Waals surface area contributed by atoms with Gasteiger partial charge in [0.2, 0.25) is 5.91 Å². The van der Waals surface area contributed by atoms with Gasteiger partial charge in [-0.2, -0.15) is 0 Å². The van der Waals surface area contributed by atoms with Crippen molar-refractivity contribution in [3.8, 4) is 0 Å². The van der Waals surface area contributed by atoms with Crippen LogP contribution in [0.2, 0.25) is 0 Å². The molecule has 1 saturated heterocycles. The summed E-state index contributed by atoms with van der Waals surface area (Å²) >= 11 is 0. The Morgan fingerprint density at radius 1 is 1.19 bits per heavy atom. The van der Waals surface area contributed by atoms with Crippen LogP contribution in [0.1, 0.15) is 31.2 Å². The normalized spacial score (nSPS) is 16.1. The second-order valence-corrected chi connectivity index (χ2v) is 5.56. The predicted molar refractivity (Wildman–Crippen MR) is 82.0 cm³/mol. The first-order valence-corrected chi connectivity index (χ1v) is 7.83. The molecule has 1 aromatic carbocycles. The van der Waals surface area contributed by atoms with Gasteiger partial charge in [-0.25, -0.2) is 0 Å². The number of hydrogen-bond acceptors (Lipinski definition) is 3. The van der Waals surface area contributed by atoms with Crippen molar-refractivity contribution in [2.45, 2.75) is 38.2 Å². The standard InChI is InChI=1S/C17H25NO3/c19-16-8-11-18(12-9-16)17(20)7-4-13-21-14-10-15-5-2-1-3-6-15/h1-3,5-6,16,19H,4,7-14H2. The quantitative estimate of drug-likeness (QED) is 0.782. The monoisotopic (exact) mass is 291 g/mol. The lowest BCUT2D eigenvalue weighted by molar-refractivity contribution is -0.133. The summed E-state index contributed by atoms with van der Waals surface area (Å²) in [6.45, 7) is 2.72. The third-order valence-electron chi connectivity index (χ3n) is 3.87. The maximum Gasteiger partial charge on any atom is 0.222 e. The van der Waals surface area contributed by atoms with Crippen molar-refractivity contribution in [2.75, 3.05) is 26.3 Å². The average molecular weight is 291 g/mol. The second kappa shape index (κ2) is 8.80. The number of amides is 1. The van der Waals surface area contributed by atoms with Crippen LogP contribution in [0.4, 0.5) is 0 Å². The lowest BCUT2D eigenvalue weighted by Gasteiger charge is -2.29. The summed E-state index contributed by atoms with van der Waals surface area (Å²) in [5, 5.41) is 9.42. The van der Waals surface area contributed by atoms with E-state index in [9.17, 15) is 9.90 Å². The highest BCUT2D eigenvalue weighted by molar-refractivity contribution is 5.76. The van der Waals surface area contributed by atoms with Crippen LogP contribution in [-0.4, -0.2) is 48.3 Å². The minimum atomic E-state index is -0.227. The Hall–Kier alpha value is -1.39.